The van der Waals surface area contributed by atoms with Crippen molar-refractivity contribution in [2.75, 3.05) is 6.61 Å². The minimum atomic E-state index is -0.106. The Morgan fingerprint density at radius 1 is 1.09 bits per heavy atom. The molecule has 0 saturated heterocycles. The predicted molar refractivity (Wildman–Crippen MR) is 94.7 cm³/mol. The smallest absolute Gasteiger partial charge is 0.246 e. The maximum atomic E-state index is 12.2. The largest absolute Gasteiger partial charge is 0.367 e. The quantitative estimate of drug-likeness (QED) is 0.697. The number of rotatable bonds is 7. The topological polar surface area (TPSA) is 38.3 Å². The maximum Gasteiger partial charge on any atom is 0.246 e. The van der Waals surface area contributed by atoms with Crippen molar-refractivity contribution < 1.29 is 9.53 Å². The van der Waals surface area contributed by atoms with Gasteiger partial charge in [-0.05, 0) is 39.4 Å². The molecule has 1 amide bonds. The standard InChI is InChI=1S/C18H17NO2S2/c20-17(12-21-11-14-5-2-1-3-6-14)19-18(15-8-10-22-13-15)16-7-4-9-23-16/h1-10,13,18H,11-12H2,(H,19,20). The van der Waals surface area contributed by atoms with Crippen molar-refractivity contribution in [1.29, 1.82) is 0 Å². The zero-order valence-electron chi connectivity index (χ0n) is 12.5. The molecule has 0 spiro atoms. The van der Waals surface area contributed by atoms with Gasteiger partial charge in [0.25, 0.3) is 0 Å². The van der Waals surface area contributed by atoms with Crippen molar-refractivity contribution in [2.45, 2.75) is 12.6 Å². The minimum absolute atomic E-state index is 0.0565. The molecule has 0 saturated carbocycles. The Labute approximate surface area is 143 Å². The Morgan fingerprint density at radius 3 is 2.65 bits per heavy atom. The van der Waals surface area contributed by atoms with Crippen LogP contribution in [0.4, 0.5) is 0 Å². The number of carbonyl (C=O) groups excluding carboxylic acids is 1. The van der Waals surface area contributed by atoms with E-state index in [4.69, 9.17) is 4.74 Å². The van der Waals surface area contributed by atoms with Gasteiger partial charge < -0.3 is 10.1 Å². The van der Waals surface area contributed by atoms with E-state index in [-0.39, 0.29) is 18.6 Å². The van der Waals surface area contributed by atoms with Crippen LogP contribution in [0.15, 0.2) is 64.7 Å². The number of ether oxygens (including phenoxy) is 1. The number of benzene rings is 1. The summed E-state index contributed by atoms with van der Waals surface area (Å²) in [6.45, 7) is 0.497. The number of amides is 1. The molecule has 1 atom stereocenters. The molecule has 1 N–H and O–H groups in total. The van der Waals surface area contributed by atoms with E-state index in [1.165, 1.54) is 0 Å². The molecule has 0 bridgehead atoms. The Morgan fingerprint density at radius 2 is 1.96 bits per heavy atom. The molecular weight excluding hydrogens is 326 g/mol. The van der Waals surface area contributed by atoms with Gasteiger partial charge in [-0.15, -0.1) is 11.3 Å². The average molecular weight is 343 g/mol. The lowest BCUT2D eigenvalue weighted by Crippen LogP contribution is -2.31. The van der Waals surface area contributed by atoms with Gasteiger partial charge in [0, 0.05) is 4.88 Å². The van der Waals surface area contributed by atoms with Crippen LogP contribution in [0, 0.1) is 0 Å². The van der Waals surface area contributed by atoms with Gasteiger partial charge in [0.1, 0.15) is 6.61 Å². The fraction of sp³-hybridized carbons (Fsp3) is 0.167. The first kappa shape index (κ1) is 15.9. The second kappa shape index (κ2) is 8.06. The molecule has 1 aromatic carbocycles. The lowest BCUT2D eigenvalue weighted by molar-refractivity contribution is -0.126. The first-order chi connectivity index (χ1) is 11.3. The van der Waals surface area contributed by atoms with E-state index in [1.807, 2.05) is 59.3 Å². The maximum absolute atomic E-state index is 12.2. The summed E-state index contributed by atoms with van der Waals surface area (Å²) in [4.78, 5) is 13.3. The SMILES string of the molecule is O=C(COCc1ccccc1)NC(c1ccsc1)c1cccs1. The molecule has 0 aliphatic carbocycles. The zero-order valence-corrected chi connectivity index (χ0v) is 14.1. The first-order valence-corrected chi connectivity index (χ1v) is 9.12. The fourth-order valence-corrected chi connectivity index (χ4v) is 3.74. The van der Waals surface area contributed by atoms with E-state index < -0.39 is 0 Å². The first-order valence-electron chi connectivity index (χ1n) is 7.29. The number of thiophene rings is 2. The van der Waals surface area contributed by atoms with Crippen LogP contribution < -0.4 is 5.32 Å². The molecule has 0 aliphatic rings. The molecule has 0 radical (unpaired) electrons. The summed E-state index contributed by atoms with van der Waals surface area (Å²) in [6, 6.07) is 15.8. The molecule has 3 aromatic rings. The minimum Gasteiger partial charge on any atom is -0.367 e. The lowest BCUT2D eigenvalue weighted by Gasteiger charge is -2.16. The van der Waals surface area contributed by atoms with Crippen LogP contribution in [0.3, 0.4) is 0 Å². The van der Waals surface area contributed by atoms with E-state index in [1.54, 1.807) is 22.7 Å². The van der Waals surface area contributed by atoms with E-state index >= 15 is 0 Å². The Bertz CT molecular complexity index is 675. The van der Waals surface area contributed by atoms with Gasteiger partial charge in [-0.1, -0.05) is 36.4 Å². The van der Waals surface area contributed by atoms with Gasteiger partial charge in [0.05, 0.1) is 12.6 Å². The third-order valence-corrected chi connectivity index (χ3v) is 4.99. The lowest BCUT2D eigenvalue weighted by atomic mass is 10.1. The summed E-state index contributed by atoms with van der Waals surface area (Å²) in [5, 5.41) is 9.17. The molecule has 0 fully saturated rings. The van der Waals surface area contributed by atoms with Crippen molar-refractivity contribution in [3.63, 3.8) is 0 Å². The van der Waals surface area contributed by atoms with Gasteiger partial charge in [0.15, 0.2) is 0 Å². The number of hydrogen-bond acceptors (Lipinski definition) is 4. The van der Waals surface area contributed by atoms with Crippen LogP contribution in [0.1, 0.15) is 22.0 Å². The van der Waals surface area contributed by atoms with E-state index in [0.29, 0.717) is 6.61 Å². The van der Waals surface area contributed by atoms with Crippen molar-refractivity contribution in [3.05, 3.63) is 80.7 Å². The van der Waals surface area contributed by atoms with Crippen molar-refractivity contribution in [2.24, 2.45) is 0 Å². The average Bonchev–Trinajstić information content (AvgIpc) is 3.27. The van der Waals surface area contributed by atoms with E-state index in [9.17, 15) is 4.79 Å². The van der Waals surface area contributed by atoms with Crippen LogP contribution in [0.5, 0.6) is 0 Å². The van der Waals surface area contributed by atoms with Gasteiger partial charge >= 0.3 is 0 Å². The normalized spacial score (nSPS) is 12.0. The molecule has 23 heavy (non-hydrogen) atoms. The number of nitrogens with one attached hydrogen (secondary N) is 1. The molecule has 118 valence electrons. The fourth-order valence-electron chi connectivity index (χ4n) is 2.25. The monoisotopic (exact) mass is 343 g/mol. The van der Waals surface area contributed by atoms with Crippen molar-refractivity contribution in [3.8, 4) is 0 Å². The highest BCUT2D eigenvalue weighted by atomic mass is 32.1. The van der Waals surface area contributed by atoms with Crippen molar-refractivity contribution in [1.82, 2.24) is 5.32 Å². The molecular formula is C18H17NO2S2. The van der Waals surface area contributed by atoms with Gasteiger partial charge in [0.2, 0.25) is 5.91 Å². The van der Waals surface area contributed by atoms with Crippen LogP contribution in [0.25, 0.3) is 0 Å². The Hall–Kier alpha value is -1.95. The highest BCUT2D eigenvalue weighted by molar-refractivity contribution is 7.10. The number of hydrogen-bond donors (Lipinski definition) is 1. The summed E-state index contributed by atoms with van der Waals surface area (Å²) in [5.41, 5.74) is 2.17. The zero-order chi connectivity index (χ0) is 15.9. The number of carbonyl (C=O) groups is 1. The third-order valence-electron chi connectivity index (χ3n) is 3.35. The molecule has 1 unspecified atom stereocenters. The van der Waals surface area contributed by atoms with Crippen LogP contribution >= 0.6 is 22.7 Å². The molecule has 3 rings (SSSR count). The summed E-state index contributed by atoms with van der Waals surface area (Å²) in [7, 11) is 0. The summed E-state index contributed by atoms with van der Waals surface area (Å²) in [5.74, 6) is -0.106. The summed E-state index contributed by atoms with van der Waals surface area (Å²) >= 11 is 3.27. The molecule has 2 aromatic heterocycles. The molecule has 3 nitrogen and oxygen atoms in total. The van der Waals surface area contributed by atoms with Crippen LogP contribution in [-0.4, -0.2) is 12.5 Å². The summed E-state index contributed by atoms with van der Waals surface area (Å²) < 4.78 is 5.51. The van der Waals surface area contributed by atoms with E-state index in [2.05, 4.69) is 10.7 Å². The van der Waals surface area contributed by atoms with Gasteiger partial charge in [-0.3, -0.25) is 4.79 Å². The molecule has 0 aliphatic heterocycles. The molecule has 5 heteroatoms. The van der Waals surface area contributed by atoms with E-state index in [0.717, 1.165) is 16.0 Å². The highest BCUT2D eigenvalue weighted by Gasteiger charge is 2.18. The van der Waals surface area contributed by atoms with Gasteiger partial charge in [-0.25, -0.2) is 0 Å². The third kappa shape index (κ3) is 4.51. The Balaban J connectivity index is 1.56. The Kier molecular flexibility index (Phi) is 5.58. The van der Waals surface area contributed by atoms with Crippen LogP contribution in [0.2, 0.25) is 0 Å². The second-order valence-electron chi connectivity index (χ2n) is 5.05. The molecule has 2 heterocycles. The van der Waals surface area contributed by atoms with Crippen LogP contribution in [-0.2, 0) is 16.1 Å². The van der Waals surface area contributed by atoms with Gasteiger partial charge in [-0.2, -0.15) is 11.3 Å². The highest BCUT2D eigenvalue weighted by Crippen LogP contribution is 2.27. The predicted octanol–water partition coefficient (Wildman–Crippen LogP) is 4.23. The summed E-state index contributed by atoms with van der Waals surface area (Å²) in [6.07, 6.45) is 0. The van der Waals surface area contributed by atoms with Crippen molar-refractivity contribution >= 4 is 28.6 Å². The second-order valence-corrected chi connectivity index (χ2v) is 6.81.